The lowest BCUT2D eigenvalue weighted by atomic mass is 10.1. The van der Waals surface area contributed by atoms with Gasteiger partial charge in [0.25, 0.3) is 0 Å². The molecule has 0 aliphatic heterocycles. The number of benzene rings is 1. The highest BCUT2D eigenvalue weighted by atomic mass is 32.1. The quantitative estimate of drug-likeness (QED) is 0.561. The van der Waals surface area contributed by atoms with Crippen LogP contribution in [0.1, 0.15) is 5.56 Å². The summed E-state index contributed by atoms with van der Waals surface area (Å²) in [4.78, 5) is 29.1. The number of nitrogens with one attached hydrogen (secondary N) is 1. The lowest BCUT2D eigenvalue weighted by Crippen LogP contribution is -2.28. The van der Waals surface area contributed by atoms with E-state index in [2.05, 4.69) is 15.4 Å². The summed E-state index contributed by atoms with van der Waals surface area (Å²) in [6, 6.07) is 11.1. The number of methoxy groups -OCH3 is 1. The number of carbonyl (C=O) groups is 1. The molecule has 0 aliphatic rings. The van der Waals surface area contributed by atoms with Crippen LogP contribution in [0.15, 0.2) is 52.8 Å². The molecule has 0 bridgehead atoms. The Kier molecular flexibility index (Phi) is 4.66. The first kappa shape index (κ1) is 17.9. The lowest BCUT2D eigenvalue weighted by Gasteiger charge is -2.07. The topological polar surface area (TPSA) is 90.5 Å². The average Bonchev–Trinajstić information content (AvgIpc) is 3.27. The van der Waals surface area contributed by atoms with Gasteiger partial charge < -0.3 is 10.1 Å². The molecule has 0 atom stereocenters. The molecule has 3 heterocycles. The smallest absolute Gasteiger partial charge is 0.350 e. The van der Waals surface area contributed by atoms with E-state index in [0.29, 0.717) is 22.2 Å². The standard InChI is InChI=1S/C19H17N5O3S/c1-12-6-7-15(27-2)13(9-12)14-11-28-18(20-14)21-17(25)10-24-19(26)23-8-4-3-5-16(23)22-24/h3-9,11H,10H2,1-2H3,(H,20,21,25). The highest BCUT2D eigenvalue weighted by molar-refractivity contribution is 7.14. The summed E-state index contributed by atoms with van der Waals surface area (Å²) >= 11 is 1.31. The molecule has 0 fully saturated rings. The van der Waals surface area contributed by atoms with Crippen LogP contribution in [0.4, 0.5) is 5.13 Å². The van der Waals surface area contributed by atoms with Gasteiger partial charge >= 0.3 is 5.69 Å². The third-order valence-corrected chi connectivity index (χ3v) is 4.92. The molecule has 0 unspecified atom stereocenters. The van der Waals surface area contributed by atoms with Crippen LogP contribution < -0.4 is 15.7 Å². The molecule has 0 aliphatic carbocycles. The van der Waals surface area contributed by atoms with Crippen molar-refractivity contribution in [2.24, 2.45) is 0 Å². The first-order valence-electron chi connectivity index (χ1n) is 8.50. The van der Waals surface area contributed by atoms with Gasteiger partial charge in [0, 0.05) is 17.1 Å². The van der Waals surface area contributed by atoms with Crippen molar-refractivity contribution in [2.75, 3.05) is 12.4 Å². The molecular weight excluding hydrogens is 378 g/mol. The van der Waals surface area contributed by atoms with Crippen LogP contribution in [-0.2, 0) is 11.3 Å². The minimum atomic E-state index is -0.373. The average molecular weight is 395 g/mol. The van der Waals surface area contributed by atoms with Crippen molar-refractivity contribution >= 4 is 28.0 Å². The van der Waals surface area contributed by atoms with Crippen LogP contribution in [0.25, 0.3) is 16.9 Å². The van der Waals surface area contributed by atoms with Crippen molar-refractivity contribution in [2.45, 2.75) is 13.5 Å². The number of aromatic nitrogens is 4. The maximum Gasteiger partial charge on any atom is 0.350 e. The Hall–Kier alpha value is -3.46. The Morgan fingerprint density at radius 2 is 2.14 bits per heavy atom. The number of thiazole rings is 1. The van der Waals surface area contributed by atoms with Crippen molar-refractivity contribution < 1.29 is 9.53 Å². The highest BCUT2D eigenvalue weighted by Crippen LogP contribution is 2.32. The maximum atomic E-state index is 12.4. The third kappa shape index (κ3) is 3.39. The van der Waals surface area contributed by atoms with E-state index < -0.39 is 0 Å². The van der Waals surface area contributed by atoms with E-state index in [0.717, 1.165) is 15.8 Å². The van der Waals surface area contributed by atoms with Crippen LogP contribution in [0.2, 0.25) is 0 Å². The molecule has 142 valence electrons. The number of carbonyl (C=O) groups excluding carboxylic acids is 1. The maximum absolute atomic E-state index is 12.4. The Bertz CT molecular complexity index is 1220. The number of hydrogen-bond acceptors (Lipinski definition) is 6. The molecule has 0 radical (unpaired) electrons. The van der Waals surface area contributed by atoms with Gasteiger partial charge in [-0.05, 0) is 31.2 Å². The number of anilines is 1. The highest BCUT2D eigenvalue weighted by Gasteiger charge is 2.14. The molecule has 1 aromatic carbocycles. The minimum absolute atomic E-state index is 0.191. The van der Waals surface area contributed by atoms with Crippen LogP contribution in [0.3, 0.4) is 0 Å². The Labute approximate surface area is 164 Å². The van der Waals surface area contributed by atoms with Crippen LogP contribution in [0.5, 0.6) is 5.75 Å². The second-order valence-electron chi connectivity index (χ2n) is 6.16. The van der Waals surface area contributed by atoms with Gasteiger partial charge in [-0.2, -0.15) is 0 Å². The van der Waals surface area contributed by atoms with E-state index in [-0.39, 0.29) is 18.1 Å². The molecular formula is C19H17N5O3S. The lowest BCUT2D eigenvalue weighted by molar-refractivity contribution is -0.117. The second kappa shape index (κ2) is 7.28. The van der Waals surface area contributed by atoms with E-state index in [9.17, 15) is 9.59 Å². The van der Waals surface area contributed by atoms with Gasteiger partial charge in [-0.3, -0.25) is 9.20 Å². The number of aryl methyl sites for hydroxylation is 1. The Morgan fingerprint density at radius 1 is 1.29 bits per heavy atom. The van der Waals surface area contributed by atoms with Gasteiger partial charge in [0.1, 0.15) is 12.3 Å². The number of hydrogen-bond donors (Lipinski definition) is 1. The molecule has 9 heteroatoms. The number of ether oxygens (including phenoxy) is 1. The zero-order valence-corrected chi connectivity index (χ0v) is 16.1. The van der Waals surface area contributed by atoms with Crippen molar-refractivity contribution in [3.63, 3.8) is 0 Å². The predicted octanol–water partition coefficient (Wildman–Crippen LogP) is 2.58. The van der Waals surface area contributed by atoms with E-state index >= 15 is 0 Å². The number of amides is 1. The SMILES string of the molecule is COc1ccc(C)cc1-c1csc(NC(=O)Cn2nc3ccccn3c2=O)n1. The van der Waals surface area contributed by atoms with Gasteiger partial charge in [-0.25, -0.2) is 14.5 Å². The van der Waals surface area contributed by atoms with E-state index in [1.165, 1.54) is 15.7 Å². The monoisotopic (exact) mass is 395 g/mol. The molecule has 1 N–H and O–H groups in total. The Morgan fingerprint density at radius 3 is 2.93 bits per heavy atom. The van der Waals surface area contributed by atoms with Crippen LogP contribution in [-0.4, -0.2) is 32.2 Å². The van der Waals surface area contributed by atoms with Gasteiger partial charge in [-0.1, -0.05) is 17.7 Å². The van der Waals surface area contributed by atoms with Gasteiger partial charge in [0.05, 0.1) is 12.8 Å². The fourth-order valence-corrected chi connectivity index (χ4v) is 3.57. The molecule has 8 nitrogen and oxygen atoms in total. The van der Waals surface area contributed by atoms with Crippen molar-refractivity contribution in [1.29, 1.82) is 0 Å². The summed E-state index contributed by atoms with van der Waals surface area (Å²) in [6.45, 7) is 1.80. The molecule has 0 spiro atoms. The fraction of sp³-hybridized carbons (Fsp3) is 0.158. The zero-order valence-electron chi connectivity index (χ0n) is 15.2. The van der Waals surface area contributed by atoms with Crippen LogP contribution in [0, 0.1) is 6.92 Å². The molecule has 0 saturated heterocycles. The fourth-order valence-electron chi connectivity index (χ4n) is 2.84. The Balaban J connectivity index is 1.52. The normalized spacial score (nSPS) is 10.9. The molecule has 1 amide bonds. The number of nitrogens with zero attached hydrogens (tertiary/aromatic N) is 4. The summed E-state index contributed by atoms with van der Waals surface area (Å²) in [5.41, 5.74) is 2.78. The number of rotatable bonds is 5. The first-order chi connectivity index (χ1) is 13.5. The van der Waals surface area contributed by atoms with Gasteiger partial charge in [0.2, 0.25) is 5.91 Å². The van der Waals surface area contributed by atoms with E-state index in [4.69, 9.17) is 4.74 Å². The summed E-state index contributed by atoms with van der Waals surface area (Å²) in [5.74, 6) is 0.340. The number of fused-ring (bicyclic) bond motifs is 1. The third-order valence-electron chi connectivity index (χ3n) is 4.16. The molecule has 4 aromatic rings. The van der Waals surface area contributed by atoms with Gasteiger partial charge in [-0.15, -0.1) is 16.4 Å². The summed E-state index contributed by atoms with van der Waals surface area (Å²) in [5, 5.41) is 9.17. The van der Waals surface area contributed by atoms with Crippen molar-refractivity contribution in [1.82, 2.24) is 19.2 Å². The summed E-state index contributed by atoms with van der Waals surface area (Å²) in [6.07, 6.45) is 1.61. The number of pyridine rings is 1. The van der Waals surface area contributed by atoms with E-state index in [1.54, 1.807) is 31.5 Å². The molecule has 4 rings (SSSR count). The largest absolute Gasteiger partial charge is 0.496 e. The van der Waals surface area contributed by atoms with Gasteiger partial charge in [0.15, 0.2) is 10.8 Å². The second-order valence-corrected chi connectivity index (χ2v) is 7.02. The van der Waals surface area contributed by atoms with Crippen molar-refractivity contribution in [3.05, 3.63) is 64.0 Å². The zero-order chi connectivity index (χ0) is 19.7. The van der Waals surface area contributed by atoms with Crippen molar-refractivity contribution in [3.8, 4) is 17.0 Å². The molecule has 28 heavy (non-hydrogen) atoms. The first-order valence-corrected chi connectivity index (χ1v) is 9.38. The predicted molar refractivity (Wildman–Crippen MR) is 107 cm³/mol. The summed E-state index contributed by atoms with van der Waals surface area (Å²) < 4.78 is 7.91. The molecule has 3 aromatic heterocycles. The van der Waals surface area contributed by atoms with E-state index in [1.807, 2.05) is 30.5 Å². The minimum Gasteiger partial charge on any atom is -0.496 e. The molecule has 0 saturated carbocycles. The summed E-state index contributed by atoms with van der Waals surface area (Å²) in [7, 11) is 1.61. The van der Waals surface area contributed by atoms with Crippen LogP contribution >= 0.6 is 11.3 Å².